The molecule has 4 aromatic heterocycles. The second-order valence-corrected chi connectivity index (χ2v) is 15.0. The minimum absolute atomic E-state index is 0.916. The van der Waals surface area contributed by atoms with Crippen molar-refractivity contribution in [2.45, 2.75) is 0 Å². The second-order valence-electron chi connectivity index (χ2n) is 13.9. The van der Waals surface area contributed by atoms with Crippen molar-refractivity contribution in [1.29, 1.82) is 0 Å². The van der Waals surface area contributed by atoms with Crippen LogP contribution in [-0.2, 0) is 0 Å². The first kappa shape index (κ1) is 28.9. The summed E-state index contributed by atoms with van der Waals surface area (Å²) in [5.41, 5.74) is 9.21. The third kappa shape index (κ3) is 4.07. The van der Waals surface area contributed by atoms with Gasteiger partial charge in [-0.25, -0.2) is 4.98 Å². The second kappa shape index (κ2) is 10.9. The molecule has 0 saturated carbocycles. The lowest BCUT2D eigenvalue weighted by Crippen LogP contribution is -2.00. The smallest absolute Gasteiger partial charge is 0.138 e. The lowest BCUT2D eigenvalue weighted by Gasteiger charge is -2.13. The summed E-state index contributed by atoms with van der Waals surface area (Å²) in [4.78, 5) is 5.47. The van der Waals surface area contributed by atoms with Gasteiger partial charge in [0.1, 0.15) is 5.82 Å². The Labute approximate surface area is 308 Å². The molecule has 8 aromatic carbocycles. The molecular weight excluding hydrogens is 663 g/mol. The summed E-state index contributed by atoms with van der Waals surface area (Å²) in [6, 6.07) is 64.0. The van der Waals surface area contributed by atoms with E-state index in [1.54, 1.807) is 0 Å². The number of rotatable bonds is 3. The topological polar surface area (TPSA) is 22.8 Å². The molecule has 53 heavy (non-hydrogen) atoms. The van der Waals surface area contributed by atoms with E-state index >= 15 is 0 Å². The Morgan fingerprint density at radius 2 is 1.13 bits per heavy atom. The standard InChI is InChI=1S/C49H29N3S/c1-3-13-30(14-4-1)38-28-46(50-41-21-11-9-19-34(38)41)52-43-29-44-40(27-39(43)36-24-25-37-35-20-10-12-22-45(35)53-49(37)48(36)52)47-33-18-8-7-15-31(33)23-26-42(47)51(44)32-16-5-2-6-17-32/h1-29H. The van der Waals surface area contributed by atoms with Crippen LogP contribution in [0.5, 0.6) is 0 Å². The van der Waals surface area contributed by atoms with Crippen molar-refractivity contribution in [1.82, 2.24) is 14.1 Å². The highest BCUT2D eigenvalue weighted by molar-refractivity contribution is 7.26. The molecule has 12 aromatic rings. The molecule has 4 heteroatoms. The molecular formula is C49H29N3S. The maximum atomic E-state index is 5.47. The first-order chi connectivity index (χ1) is 26.3. The van der Waals surface area contributed by atoms with Crippen LogP contribution in [0.4, 0.5) is 0 Å². The highest BCUT2D eigenvalue weighted by Crippen LogP contribution is 2.46. The molecule has 0 spiro atoms. The van der Waals surface area contributed by atoms with Gasteiger partial charge in [-0.15, -0.1) is 11.3 Å². The highest BCUT2D eigenvalue weighted by atomic mass is 32.1. The first-order valence-corrected chi connectivity index (χ1v) is 18.9. The quantitative estimate of drug-likeness (QED) is 0.181. The molecule has 0 saturated heterocycles. The van der Waals surface area contributed by atoms with Gasteiger partial charge in [0.2, 0.25) is 0 Å². The molecule has 0 aliphatic carbocycles. The predicted octanol–water partition coefficient (Wildman–Crippen LogP) is 13.6. The summed E-state index contributed by atoms with van der Waals surface area (Å²) in [5.74, 6) is 0.916. The van der Waals surface area contributed by atoms with Crippen LogP contribution >= 0.6 is 11.3 Å². The van der Waals surface area contributed by atoms with Crippen molar-refractivity contribution in [2.24, 2.45) is 0 Å². The number of nitrogens with zero attached hydrogens (tertiary/aromatic N) is 3. The minimum Gasteiger partial charge on any atom is -0.309 e. The highest BCUT2D eigenvalue weighted by Gasteiger charge is 2.23. The summed E-state index contributed by atoms with van der Waals surface area (Å²) in [6.45, 7) is 0. The van der Waals surface area contributed by atoms with Gasteiger partial charge in [0.25, 0.3) is 0 Å². The number of para-hydroxylation sites is 2. The van der Waals surface area contributed by atoms with Crippen molar-refractivity contribution < 1.29 is 0 Å². The van der Waals surface area contributed by atoms with Gasteiger partial charge in [0.05, 0.1) is 32.3 Å². The number of thiophene rings is 1. The van der Waals surface area contributed by atoms with Gasteiger partial charge in [-0.05, 0) is 70.4 Å². The number of hydrogen-bond acceptors (Lipinski definition) is 2. The summed E-state index contributed by atoms with van der Waals surface area (Å²) in [5, 5.41) is 11.2. The van der Waals surface area contributed by atoms with Crippen LogP contribution in [0.2, 0.25) is 0 Å². The molecule has 246 valence electrons. The Balaban J connectivity index is 1.31. The van der Waals surface area contributed by atoms with Crippen molar-refractivity contribution in [3.63, 3.8) is 0 Å². The van der Waals surface area contributed by atoms with Crippen LogP contribution in [0.25, 0.3) is 108 Å². The van der Waals surface area contributed by atoms with E-state index in [0.717, 1.165) is 27.9 Å². The molecule has 0 amide bonds. The Morgan fingerprint density at radius 3 is 2.00 bits per heavy atom. The molecule has 0 aliphatic rings. The molecule has 0 radical (unpaired) electrons. The van der Waals surface area contributed by atoms with Gasteiger partial charge in [-0.3, -0.25) is 4.57 Å². The molecule has 0 N–H and O–H groups in total. The molecule has 4 heterocycles. The minimum atomic E-state index is 0.916. The molecule has 3 nitrogen and oxygen atoms in total. The van der Waals surface area contributed by atoms with Crippen LogP contribution < -0.4 is 0 Å². The van der Waals surface area contributed by atoms with E-state index in [1.807, 2.05) is 11.3 Å². The van der Waals surface area contributed by atoms with Gasteiger partial charge in [0.15, 0.2) is 0 Å². The maximum Gasteiger partial charge on any atom is 0.138 e. The van der Waals surface area contributed by atoms with E-state index in [4.69, 9.17) is 4.98 Å². The number of pyridine rings is 1. The van der Waals surface area contributed by atoms with E-state index in [9.17, 15) is 0 Å². The van der Waals surface area contributed by atoms with Gasteiger partial charge in [-0.2, -0.15) is 0 Å². The molecule has 0 fully saturated rings. The molecule has 0 unspecified atom stereocenters. The van der Waals surface area contributed by atoms with Crippen LogP contribution in [0, 0.1) is 0 Å². The average Bonchev–Trinajstić information content (AvgIpc) is 3.87. The summed E-state index contributed by atoms with van der Waals surface area (Å²) in [6.07, 6.45) is 0. The van der Waals surface area contributed by atoms with Crippen molar-refractivity contribution in [2.75, 3.05) is 0 Å². The zero-order valence-electron chi connectivity index (χ0n) is 28.5. The third-order valence-electron chi connectivity index (χ3n) is 11.1. The van der Waals surface area contributed by atoms with Crippen LogP contribution in [0.3, 0.4) is 0 Å². The van der Waals surface area contributed by atoms with Crippen molar-refractivity contribution >= 4 is 96.8 Å². The predicted molar refractivity (Wildman–Crippen MR) is 226 cm³/mol. The van der Waals surface area contributed by atoms with Gasteiger partial charge in [-0.1, -0.05) is 127 Å². The van der Waals surface area contributed by atoms with Crippen molar-refractivity contribution in [3.8, 4) is 22.6 Å². The largest absolute Gasteiger partial charge is 0.309 e. The summed E-state index contributed by atoms with van der Waals surface area (Å²) >= 11 is 1.88. The van der Waals surface area contributed by atoms with Crippen LogP contribution in [0.1, 0.15) is 0 Å². The van der Waals surface area contributed by atoms with E-state index in [-0.39, 0.29) is 0 Å². The fraction of sp³-hybridized carbons (Fsp3) is 0. The molecule has 0 atom stereocenters. The normalized spacial score (nSPS) is 12.2. The molecule has 0 bridgehead atoms. The van der Waals surface area contributed by atoms with E-state index in [1.165, 1.54) is 80.2 Å². The fourth-order valence-corrected chi connectivity index (χ4v) is 10.0. The Morgan fingerprint density at radius 1 is 0.434 bits per heavy atom. The van der Waals surface area contributed by atoms with Crippen LogP contribution in [-0.4, -0.2) is 14.1 Å². The Hall–Kier alpha value is -6.75. The number of benzene rings is 8. The van der Waals surface area contributed by atoms with E-state index in [0.29, 0.717) is 0 Å². The third-order valence-corrected chi connectivity index (χ3v) is 12.3. The Bertz CT molecular complexity index is 3440. The Kier molecular flexibility index (Phi) is 5.93. The van der Waals surface area contributed by atoms with Gasteiger partial charge >= 0.3 is 0 Å². The molecule has 12 rings (SSSR count). The zero-order valence-corrected chi connectivity index (χ0v) is 29.3. The summed E-state index contributed by atoms with van der Waals surface area (Å²) in [7, 11) is 0. The monoisotopic (exact) mass is 691 g/mol. The van der Waals surface area contributed by atoms with E-state index < -0.39 is 0 Å². The lowest BCUT2D eigenvalue weighted by atomic mass is 10.0. The molecule has 0 aliphatic heterocycles. The SMILES string of the molecule is c1ccc(-c2cc(-n3c4cc5c(cc4c4ccc6c7ccccc7sc6c43)c3c4ccccc4ccc3n5-c3ccccc3)nc3ccccc23)cc1. The summed E-state index contributed by atoms with van der Waals surface area (Å²) < 4.78 is 7.46. The van der Waals surface area contributed by atoms with Gasteiger partial charge < -0.3 is 4.57 Å². The number of fused-ring (bicyclic) bond motifs is 13. The maximum absolute atomic E-state index is 5.47. The van der Waals surface area contributed by atoms with E-state index in [2.05, 4.69) is 185 Å². The average molecular weight is 692 g/mol. The van der Waals surface area contributed by atoms with Crippen LogP contribution in [0.15, 0.2) is 176 Å². The van der Waals surface area contributed by atoms with Crippen molar-refractivity contribution in [3.05, 3.63) is 176 Å². The number of hydrogen-bond donors (Lipinski definition) is 0. The zero-order chi connectivity index (χ0) is 34.6. The van der Waals surface area contributed by atoms with Gasteiger partial charge in [0, 0.05) is 48.1 Å². The number of aromatic nitrogens is 3. The fourth-order valence-electron chi connectivity index (χ4n) is 8.78. The first-order valence-electron chi connectivity index (χ1n) is 18.1. The lowest BCUT2D eigenvalue weighted by molar-refractivity contribution is 1.11.